The summed E-state index contributed by atoms with van der Waals surface area (Å²) in [5, 5.41) is 0. The van der Waals surface area contributed by atoms with E-state index in [2.05, 4.69) is 6.58 Å². The third-order valence-electron chi connectivity index (χ3n) is 1.05. The van der Waals surface area contributed by atoms with Gasteiger partial charge in [0.1, 0.15) is 6.29 Å². The van der Waals surface area contributed by atoms with Crippen LogP contribution in [-0.4, -0.2) is 6.29 Å². The van der Waals surface area contributed by atoms with E-state index in [4.69, 9.17) is 0 Å². The van der Waals surface area contributed by atoms with Gasteiger partial charge in [-0.15, -0.1) is 6.58 Å². The van der Waals surface area contributed by atoms with Crippen LogP contribution in [0.5, 0.6) is 0 Å². The highest BCUT2D eigenvalue weighted by Gasteiger charge is 1.95. The van der Waals surface area contributed by atoms with Crippen molar-refractivity contribution in [3.63, 3.8) is 0 Å². The Morgan fingerprint density at radius 1 is 1.67 bits per heavy atom. The molecule has 0 radical (unpaired) electrons. The molecule has 0 aromatic rings. The van der Waals surface area contributed by atoms with E-state index < -0.39 is 0 Å². The van der Waals surface area contributed by atoms with Crippen LogP contribution in [0.15, 0.2) is 24.8 Å². The molecule has 0 saturated carbocycles. The van der Waals surface area contributed by atoms with Crippen molar-refractivity contribution in [3.8, 4) is 0 Å². The third-order valence-corrected chi connectivity index (χ3v) is 1.05. The minimum atomic E-state index is 0.0347. The Morgan fingerprint density at radius 3 is 2.67 bits per heavy atom. The molecular weight excluding hydrogens is 112 g/mol. The lowest BCUT2D eigenvalue weighted by Gasteiger charge is -1.95. The van der Waals surface area contributed by atoms with Crippen LogP contribution < -0.4 is 0 Å². The lowest BCUT2D eigenvalue weighted by molar-refractivity contribution is -0.109. The molecule has 0 bridgehead atoms. The molecular formula is C8H12O. The van der Waals surface area contributed by atoms with Crippen LogP contribution in [-0.2, 0) is 4.79 Å². The maximum atomic E-state index is 10.2. The standard InChI is InChI=1S/C8H12O/c1-3-5-8(7-9)6-4-2/h3-4,6-8H,1,5H2,2H3/b6-4+. The average Bonchev–Trinajstić information content (AvgIpc) is 1.88. The van der Waals surface area contributed by atoms with Crippen molar-refractivity contribution in [3.05, 3.63) is 24.8 Å². The van der Waals surface area contributed by atoms with E-state index in [-0.39, 0.29) is 5.92 Å². The number of carbonyl (C=O) groups is 1. The van der Waals surface area contributed by atoms with Crippen molar-refractivity contribution in [2.75, 3.05) is 0 Å². The molecule has 1 unspecified atom stereocenters. The molecule has 1 nitrogen and oxygen atoms in total. The third kappa shape index (κ3) is 3.71. The first-order chi connectivity index (χ1) is 4.35. The van der Waals surface area contributed by atoms with Crippen molar-refractivity contribution in [2.24, 2.45) is 5.92 Å². The van der Waals surface area contributed by atoms with Crippen molar-refractivity contribution in [1.82, 2.24) is 0 Å². The van der Waals surface area contributed by atoms with Gasteiger partial charge in [-0.2, -0.15) is 0 Å². The highest BCUT2D eigenvalue weighted by Crippen LogP contribution is 2.00. The quantitative estimate of drug-likeness (QED) is 0.413. The summed E-state index contributed by atoms with van der Waals surface area (Å²) in [6.45, 7) is 5.44. The van der Waals surface area contributed by atoms with Crippen molar-refractivity contribution >= 4 is 6.29 Å². The first-order valence-electron chi connectivity index (χ1n) is 3.04. The first kappa shape index (κ1) is 8.15. The monoisotopic (exact) mass is 124 g/mol. The minimum absolute atomic E-state index is 0.0347. The molecule has 0 aliphatic carbocycles. The van der Waals surface area contributed by atoms with E-state index in [1.54, 1.807) is 6.08 Å². The SMILES string of the molecule is C=CCC(C=O)/C=C/C. The van der Waals surface area contributed by atoms with E-state index >= 15 is 0 Å². The number of allylic oxidation sites excluding steroid dienone is 3. The fourth-order valence-corrected chi connectivity index (χ4v) is 0.619. The average molecular weight is 124 g/mol. The van der Waals surface area contributed by atoms with Crippen molar-refractivity contribution in [2.45, 2.75) is 13.3 Å². The van der Waals surface area contributed by atoms with Gasteiger partial charge in [0.05, 0.1) is 0 Å². The molecule has 0 N–H and O–H groups in total. The Balaban J connectivity index is 3.66. The Kier molecular flexibility index (Phi) is 4.79. The van der Waals surface area contributed by atoms with E-state index in [0.717, 1.165) is 12.7 Å². The van der Waals surface area contributed by atoms with Gasteiger partial charge in [-0.1, -0.05) is 18.2 Å². The second-order valence-electron chi connectivity index (χ2n) is 1.85. The van der Waals surface area contributed by atoms with Gasteiger partial charge in [-0.25, -0.2) is 0 Å². The smallest absolute Gasteiger partial charge is 0.127 e. The predicted octanol–water partition coefficient (Wildman–Crippen LogP) is 1.95. The normalized spacial score (nSPS) is 13.4. The van der Waals surface area contributed by atoms with Gasteiger partial charge >= 0.3 is 0 Å². The second kappa shape index (κ2) is 5.29. The predicted molar refractivity (Wildman–Crippen MR) is 39.2 cm³/mol. The first-order valence-corrected chi connectivity index (χ1v) is 3.04. The van der Waals surface area contributed by atoms with E-state index in [9.17, 15) is 4.79 Å². The van der Waals surface area contributed by atoms with Gasteiger partial charge in [0, 0.05) is 5.92 Å². The van der Waals surface area contributed by atoms with Gasteiger partial charge in [-0.05, 0) is 13.3 Å². The summed E-state index contributed by atoms with van der Waals surface area (Å²) >= 11 is 0. The van der Waals surface area contributed by atoms with E-state index in [0.29, 0.717) is 0 Å². The molecule has 1 atom stereocenters. The number of carbonyl (C=O) groups excluding carboxylic acids is 1. The fourth-order valence-electron chi connectivity index (χ4n) is 0.619. The lowest BCUT2D eigenvalue weighted by Crippen LogP contribution is -1.94. The molecule has 0 spiro atoms. The molecule has 1 heteroatoms. The minimum Gasteiger partial charge on any atom is -0.303 e. The van der Waals surface area contributed by atoms with Crippen LogP contribution in [0.2, 0.25) is 0 Å². The summed E-state index contributed by atoms with van der Waals surface area (Å²) in [4.78, 5) is 10.2. The van der Waals surface area contributed by atoms with Crippen LogP contribution in [0, 0.1) is 5.92 Å². The Hall–Kier alpha value is -0.850. The number of aldehydes is 1. The molecule has 0 saturated heterocycles. The summed E-state index contributed by atoms with van der Waals surface area (Å²) in [5.74, 6) is 0.0347. The summed E-state index contributed by atoms with van der Waals surface area (Å²) in [5.41, 5.74) is 0. The van der Waals surface area contributed by atoms with Crippen molar-refractivity contribution in [1.29, 1.82) is 0 Å². The van der Waals surface area contributed by atoms with Crippen LogP contribution in [0.1, 0.15) is 13.3 Å². The zero-order chi connectivity index (χ0) is 7.11. The highest BCUT2D eigenvalue weighted by molar-refractivity contribution is 5.56. The molecule has 0 fully saturated rings. The summed E-state index contributed by atoms with van der Waals surface area (Å²) < 4.78 is 0. The molecule has 0 rings (SSSR count). The van der Waals surface area contributed by atoms with E-state index in [1.165, 1.54) is 0 Å². The second-order valence-corrected chi connectivity index (χ2v) is 1.85. The van der Waals surface area contributed by atoms with Gasteiger partial charge < -0.3 is 4.79 Å². The molecule has 50 valence electrons. The summed E-state index contributed by atoms with van der Waals surface area (Å²) in [7, 11) is 0. The lowest BCUT2D eigenvalue weighted by atomic mass is 10.1. The van der Waals surface area contributed by atoms with Gasteiger partial charge in [0.15, 0.2) is 0 Å². The largest absolute Gasteiger partial charge is 0.303 e. The molecule has 0 aromatic heterocycles. The molecule has 0 amide bonds. The van der Waals surface area contributed by atoms with E-state index in [1.807, 2.05) is 19.1 Å². The maximum absolute atomic E-state index is 10.2. The Morgan fingerprint density at radius 2 is 2.33 bits per heavy atom. The number of hydrogen-bond donors (Lipinski definition) is 0. The van der Waals surface area contributed by atoms with Gasteiger partial charge in [0.2, 0.25) is 0 Å². The highest BCUT2D eigenvalue weighted by atomic mass is 16.1. The molecule has 9 heavy (non-hydrogen) atoms. The molecule has 0 aromatic carbocycles. The zero-order valence-electron chi connectivity index (χ0n) is 5.71. The molecule has 0 heterocycles. The topological polar surface area (TPSA) is 17.1 Å². The Bertz CT molecular complexity index is 114. The summed E-state index contributed by atoms with van der Waals surface area (Å²) in [6.07, 6.45) is 7.17. The van der Waals surface area contributed by atoms with Crippen LogP contribution in [0.4, 0.5) is 0 Å². The van der Waals surface area contributed by atoms with Crippen LogP contribution in [0.25, 0.3) is 0 Å². The van der Waals surface area contributed by atoms with Crippen LogP contribution >= 0.6 is 0 Å². The number of hydrogen-bond acceptors (Lipinski definition) is 1. The maximum Gasteiger partial charge on any atom is 0.127 e. The van der Waals surface area contributed by atoms with Gasteiger partial charge in [0.25, 0.3) is 0 Å². The molecule has 0 aliphatic rings. The number of rotatable bonds is 4. The zero-order valence-corrected chi connectivity index (χ0v) is 5.71. The fraction of sp³-hybridized carbons (Fsp3) is 0.375. The van der Waals surface area contributed by atoms with Crippen molar-refractivity contribution < 1.29 is 4.79 Å². The van der Waals surface area contributed by atoms with Crippen LogP contribution in [0.3, 0.4) is 0 Å². The Labute approximate surface area is 56.1 Å². The summed E-state index contributed by atoms with van der Waals surface area (Å²) in [6, 6.07) is 0. The van der Waals surface area contributed by atoms with Gasteiger partial charge in [-0.3, -0.25) is 0 Å². The molecule has 0 aliphatic heterocycles.